The van der Waals surface area contributed by atoms with Crippen LogP contribution in [0, 0.1) is 0 Å². The van der Waals surface area contributed by atoms with Crippen molar-refractivity contribution in [3.63, 3.8) is 0 Å². The van der Waals surface area contributed by atoms with Gasteiger partial charge in [-0.05, 0) is 53.0 Å². The number of ether oxygens (including phenoxy) is 1. The fourth-order valence-corrected chi connectivity index (χ4v) is 5.36. The van der Waals surface area contributed by atoms with Crippen molar-refractivity contribution in [2.45, 2.75) is 26.2 Å². The van der Waals surface area contributed by atoms with Crippen LogP contribution in [0.2, 0.25) is 0 Å². The van der Waals surface area contributed by atoms with Crippen molar-refractivity contribution >= 4 is 57.0 Å². The molecule has 10 heteroatoms. The summed E-state index contributed by atoms with van der Waals surface area (Å²) in [6.07, 6.45) is 0. The number of carbonyl (C=O) groups is 1. The van der Waals surface area contributed by atoms with Crippen LogP contribution in [0.1, 0.15) is 36.8 Å². The standard InChI is InChI=1S/C32H30N6O2S2/c1-32(2,3)22-16-14-21(15-17-22)28-27(29(39)40-4)36-31(42-28)34-25-13-9-8-12-24(25)33-30(41)35-26-19-18-23(37-38-26)20-10-6-5-7-11-20/h5-19H,1-4H3,(H,34,36)(H2,33,35,38,41). The molecule has 8 nitrogen and oxygen atoms in total. The third-order valence-corrected chi connectivity index (χ3v) is 7.64. The van der Waals surface area contributed by atoms with E-state index in [1.54, 1.807) is 0 Å². The van der Waals surface area contributed by atoms with Crippen molar-refractivity contribution in [3.05, 3.63) is 102 Å². The van der Waals surface area contributed by atoms with Crippen molar-refractivity contribution in [3.8, 4) is 21.7 Å². The van der Waals surface area contributed by atoms with Gasteiger partial charge in [0.2, 0.25) is 0 Å². The maximum atomic E-state index is 12.6. The zero-order chi connectivity index (χ0) is 29.7. The van der Waals surface area contributed by atoms with Gasteiger partial charge in [0, 0.05) is 5.56 Å². The average Bonchev–Trinajstić information content (AvgIpc) is 3.42. The number of anilines is 4. The summed E-state index contributed by atoms with van der Waals surface area (Å²) in [7, 11) is 1.36. The lowest BCUT2D eigenvalue weighted by atomic mass is 9.86. The van der Waals surface area contributed by atoms with E-state index in [9.17, 15) is 4.79 Å². The van der Waals surface area contributed by atoms with E-state index in [2.05, 4.69) is 64.0 Å². The number of hydrogen-bond acceptors (Lipinski definition) is 8. The number of rotatable bonds is 7. The smallest absolute Gasteiger partial charge is 0.358 e. The van der Waals surface area contributed by atoms with Crippen molar-refractivity contribution in [1.29, 1.82) is 0 Å². The number of nitrogens with zero attached hydrogens (tertiary/aromatic N) is 3. The fraction of sp³-hybridized carbons (Fsp3) is 0.156. The van der Waals surface area contributed by atoms with E-state index >= 15 is 0 Å². The van der Waals surface area contributed by atoms with Crippen molar-refractivity contribution in [1.82, 2.24) is 15.2 Å². The molecule has 0 amide bonds. The maximum absolute atomic E-state index is 12.6. The number of para-hydroxylation sites is 2. The first-order chi connectivity index (χ1) is 20.2. The Morgan fingerprint density at radius 1 is 0.810 bits per heavy atom. The molecule has 0 aliphatic rings. The number of thiocarbonyl (C=S) groups is 1. The van der Waals surface area contributed by atoms with Gasteiger partial charge in [0.15, 0.2) is 21.8 Å². The minimum Gasteiger partial charge on any atom is -0.464 e. The fourth-order valence-electron chi connectivity index (χ4n) is 4.17. The summed E-state index contributed by atoms with van der Waals surface area (Å²) in [5, 5.41) is 19.1. The van der Waals surface area contributed by atoms with Crippen LogP contribution in [-0.4, -0.2) is 33.4 Å². The van der Waals surface area contributed by atoms with Gasteiger partial charge in [-0.2, -0.15) is 0 Å². The van der Waals surface area contributed by atoms with Crippen molar-refractivity contribution < 1.29 is 9.53 Å². The van der Waals surface area contributed by atoms with Crippen LogP contribution in [0.4, 0.5) is 22.3 Å². The summed E-state index contributed by atoms with van der Waals surface area (Å²) in [4.78, 5) is 17.9. The number of methoxy groups -OCH3 is 1. The third-order valence-electron chi connectivity index (χ3n) is 6.41. The van der Waals surface area contributed by atoms with Crippen LogP contribution in [0.5, 0.6) is 0 Å². The molecule has 3 N–H and O–H groups in total. The van der Waals surface area contributed by atoms with Crippen LogP contribution in [0.3, 0.4) is 0 Å². The molecule has 0 saturated heterocycles. The molecule has 3 aromatic carbocycles. The lowest BCUT2D eigenvalue weighted by Gasteiger charge is -2.19. The van der Waals surface area contributed by atoms with Crippen LogP contribution >= 0.6 is 23.6 Å². The third kappa shape index (κ3) is 6.79. The van der Waals surface area contributed by atoms with Crippen LogP contribution in [-0.2, 0) is 10.2 Å². The molecule has 5 rings (SSSR count). The summed E-state index contributed by atoms with van der Waals surface area (Å²) >= 11 is 6.93. The van der Waals surface area contributed by atoms with Crippen molar-refractivity contribution in [2.75, 3.05) is 23.1 Å². The molecule has 2 aromatic heterocycles. The van der Waals surface area contributed by atoms with Crippen LogP contribution < -0.4 is 16.0 Å². The first-order valence-electron chi connectivity index (χ1n) is 13.2. The van der Waals surface area contributed by atoms with Gasteiger partial charge >= 0.3 is 5.97 Å². The lowest BCUT2D eigenvalue weighted by Crippen LogP contribution is -2.20. The number of benzene rings is 3. The molecular formula is C32H30N6O2S2. The molecule has 0 bridgehead atoms. The molecule has 0 unspecified atom stereocenters. The molecule has 212 valence electrons. The summed E-state index contributed by atoms with van der Waals surface area (Å²) in [5.41, 5.74) is 5.58. The molecule has 0 saturated carbocycles. The second-order valence-electron chi connectivity index (χ2n) is 10.4. The topological polar surface area (TPSA) is 101 Å². The number of carbonyl (C=O) groups excluding carboxylic acids is 1. The van der Waals surface area contributed by atoms with E-state index in [4.69, 9.17) is 17.0 Å². The molecule has 0 aliphatic heterocycles. The molecule has 0 atom stereocenters. The monoisotopic (exact) mass is 594 g/mol. The Labute approximate surface area is 254 Å². The summed E-state index contributed by atoms with van der Waals surface area (Å²) in [6, 6.07) is 29.3. The molecular weight excluding hydrogens is 565 g/mol. The average molecular weight is 595 g/mol. The zero-order valence-corrected chi connectivity index (χ0v) is 25.3. The largest absolute Gasteiger partial charge is 0.464 e. The highest BCUT2D eigenvalue weighted by Crippen LogP contribution is 2.37. The highest BCUT2D eigenvalue weighted by molar-refractivity contribution is 7.80. The van der Waals surface area contributed by atoms with Gasteiger partial charge in [-0.1, -0.05) is 98.8 Å². The molecule has 0 spiro atoms. The molecule has 0 fully saturated rings. The normalized spacial score (nSPS) is 11.0. The lowest BCUT2D eigenvalue weighted by molar-refractivity contribution is 0.0596. The van der Waals surface area contributed by atoms with Gasteiger partial charge in [-0.3, -0.25) is 0 Å². The highest BCUT2D eigenvalue weighted by Gasteiger charge is 2.22. The molecule has 0 aliphatic carbocycles. The Morgan fingerprint density at radius 3 is 2.14 bits per heavy atom. The quantitative estimate of drug-likeness (QED) is 0.128. The summed E-state index contributed by atoms with van der Waals surface area (Å²) in [5.74, 6) is 0.0211. The van der Waals surface area contributed by atoms with E-state index < -0.39 is 5.97 Å². The van der Waals surface area contributed by atoms with Gasteiger partial charge in [0.1, 0.15) is 0 Å². The predicted molar refractivity (Wildman–Crippen MR) is 175 cm³/mol. The number of nitrogens with one attached hydrogen (secondary N) is 3. The molecule has 5 aromatic rings. The minimum atomic E-state index is -0.495. The molecule has 0 radical (unpaired) electrons. The number of thiazole rings is 1. The Balaban J connectivity index is 1.33. The summed E-state index contributed by atoms with van der Waals surface area (Å²) in [6.45, 7) is 6.49. The van der Waals surface area contributed by atoms with Crippen molar-refractivity contribution in [2.24, 2.45) is 0 Å². The number of hydrogen-bond donors (Lipinski definition) is 3. The van der Waals surface area contributed by atoms with E-state index in [0.29, 0.717) is 16.1 Å². The Kier molecular flexibility index (Phi) is 8.56. The van der Waals surface area contributed by atoms with Gasteiger partial charge in [-0.25, -0.2) is 9.78 Å². The molecule has 2 heterocycles. The van der Waals surface area contributed by atoms with Gasteiger partial charge in [0.25, 0.3) is 0 Å². The number of esters is 1. The highest BCUT2D eigenvalue weighted by atomic mass is 32.1. The van der Waals surface area contributed by atoms with Crippen LogP contribution in [0.15, 0.2) is 91.0 Å². The number of aromatic nitrogens is 3. The Morgan fingerprint density at radius 2 is 1.50 bits per heavy atom. The van der Waals surface area contributed by atoms with Gasteiger partial charge < -0.3 is 20.7 Å². The van der Waals surface area contributed by atoms with E-state index in [1.807, 2.05) is 78.9 Å². The maximum Gasteiger partial charge on any atom is 0.358 e. The molecule has 42 heavy (non-hydrogen) atoms. The SMILES string of the molecule is COC(=O)c1nc(Nc2ccccc2NC(=S)Nc2ccc(-c3ccccc3)nn2)sc1-c1ccc(C(C)(C)C)cc1. The summed E-state index contributed by atoms with van der Waals surface area (Å²) < 4.78 is 5.03. The predicted octanol–water partition coefficient (Wildman–Crippen LogP) is 7.90. The Hall–Kier alpha value is -4.67. The van der Waals surface area contributed by atoms with E-state index in [1.165, 1.54) is 24.0 Å². The van der Waals surface area contributed by atoms with Gasteiger partial charge in [0.05, 0.1) is 29.1 Å². The van der Waals surface area contributed by atoms with Crippen LogP contribution in [0.25, 0.3) is 21.7 Å². The second-order valence-corrected chi connectivity index (χ2v) is 11.8. The zero-order valence-electron chi connectivity index (χ0n) is 23.6. The minimum absolute atomic E-state index is 0.0223. The van der Waals surface area contributed by atoms with Gasteiger partial charge in [-0.15, -0.1) is 10.2 Å². The Bertz CT molecular complexity index is 1700. The van der Waals surface area contributed by atoms with E-state index in [0.717, 1.165) is 33.1 Å². The first kappa shape index (κ1) is 28.8. The second kappa shape index (κ2) is 12.5. The first-order valence-corrected chi connectivity index (χ1v) is 14.5. The van der Waals surface area contributed by atoms with E-state index in [-0.39, 0.29) is 11.1 Å².